The summed E-state index contributed by atoms with van der Waals surface area (Å²) in [5.41, 5.74) is 6.25. The maximum atomic E-state index is 11.1. The second kappa shape index (κ2) is 6.27. The van der Waals surface area contributed by atoms with Gasteiger partial charge in [-0.3, -0.25) is 0 Å². The summed E-state index contributed by atoms with van der Waals surface area (Å²) in [7, 11) is 0. The summed E-state index contributed by atoms with van der Waals surface area (Å²) in [6, 6.07) is 7.10. The van der Waals surface area contributed by atoms with Crippen LogP contribution in [0.5, 0.6) is 0 Å². The SMILES string of the molecule is NCCNC(=O)NCc1ccc(Cl)cc1. The minimum atomic E-state index is -0.213. The topological polar surface area (TPSA) is 67.1 Å². The number of hydrogen-bond acceptors (Lipinski definition) is 2. The molecule has 0 bridgehead atoms. The van der Waals surface area contributed by atoms with E-state index in [-0.39, 0.29) is 6.03 Å². The fourth-order valence-electron chi connectivity index (χ4n) is 1.03. The van der Waals surface area contributed by atoms with Crippen molar-refractivity contribution < 1.29 is 4.79 Å². The molecule has 0 atom stereocenters. The van der Waals surface area contributed by atoms with Crippen molar-refractivity contribution in [2.75, 3.05) is 13.1 Å². The Bertz CT molecular complexity index is 313. The van der Waals surface area contributed by atoms with Crippen molar-refractivity contribution in [2.45, 2.75) is 6.54 Å². The monoisotopic (exact) mass is 227 g/mol. The Kier molecular flexibility index (Phi) is 4.93. The Morgan fingerprint density at radius 2 is 1.93 bits per heavy atom. The van der Waals surface area contributed by atoms with E-state index >= 15 is 0 Å². The van der Waals surface area contributed by atoms with Crippen molar-refractivity contribution in [3.05, 3.63) is 34.9 Å². The zero-order valence-electron chi connectivity index (χ0n) is 8.29. The van der Waals surface area contributed by atoms with Gasteiger partial charge in [0.1, 0.15) is 0 Å². The zero-order chi connectivity index (χ0) is 11.1. The molecule has 0 heterocycles. The van der Waals surface area contributed by atoms with Gasteiger partial charge < -0.3 is 16.4 Å². The molecule has 2 amide bonds. The molecule has 0 aliphatic rings. The third-order valence-electron chi connectivity index (χ3n) is 1.80. The smallest absolute Gasteiger partial charge is 0.315 e. The van der Waals surface area contributed by atoms with Crippen molar-refractivity contribution in [3.8, 4) is 0 Å². The minimum Gasteiger partial charge on any atom is -0.337 e. The predicted molar refractivity (Wildman–Crippen MR) is 60.7 cm³/mol. The molecule has 0 fully saturated rings. The lowest BCUT2D eigenvalue weighted by Crippen LogP contribution is -2.37. The van der Waals surface area contributed by atoms with Crippen LogP contribution in [0.25, 0.3) is 0 Å². The van der Waals surface area contributed by atoms with E-state index in [0.717, 1.165) is 5.56 Å². The molecule has 0 saturated carbocycles. The van der Waals surface area contributed by atoms with E-state index in [9.17, 15) is 4.79 Å². The molecular formula is C10H14ClN3O. The Balaban J connectivity index is 2.30. The van der Waals surface area contributed by atoms with Crippen molar-refractivity contribution >= 4 is 17.6 Å². The lowest BCUT2D eigenvalue weighted by atomic mass is 10.2. The van der Waals surface area contributed by atoms with Gasteiger partial charge in [0.2, 0.25) is 0 Å². The summed E-state index contributed by atoms with van der Waals surface area (Å²) >= 11 is 5.73. The lowest BCUT2D eigenvalue weighted by Gasteiger charge is -2.06. The maximum absolute atomic E-state index is 11.1. The van der Waals surface area contributed by atoms with Crippen LogP contribution >= 0.6 is 11.6 Å². The number of carbonyl (C=O) groups is 1. The first kappa shape index (κ1) is 11.8. The van der Waals surface area contributed by atoms with Crippen molar-refractivity contribution in [3.63, 3.8) is 0 Å². The fraction of sp³-hybridized carbons (Fsp3) is 0.300. The molecule has 0 aromatic heterocycles. The van der Waals surface area contributed by atoms with Gasteiger partial charge in [-0.1, -0.05) is 23.7 Å². The van der Waals surface area contributed by atoms with E-state index in [4.69, 9.17) is 17.3 Å². The van der Waals surface area contributed by atoms with Gasteiger partial charge in [0.15, 0.2) is 0 Å². The van der Waals surface area contributed by atoms with E-state index in [0.29, 0.717) is 24.7 Å². The number of rotatable bonds is 4. The normalized spacial score (nSPS) is 9.73. The molecule has 0 aliphatic heterocycles. The van der Waals surface area contributed by atoms with E-state index in [2.05, 4.69) is 10.6 Å². The first-order chi connectivity index (χ1) is 7.22. The molecular weight excluding hydrogens is 214 g/mol. The summed E-state index contributed by atoms with van der Waals surface area (Å²) in [5.74, 6) is 0. The second-order valence-electron chi connectivity index (χ2n) is 3.02. The molecule has 82 valence electrons. The zero-order valence-corrected chi connectivity index (χ0v) is 9.05. The van der Waals surface area contributed by atoms with Gasteiger partial charge in [0.05, 0.1) is 0 Å². The fourth-order valence-corrected chi connectivity index (χ4v) is 1.16. The summed E-state index contributed by atoms with van der Waals surface area (Å²) in [6.45, 7) is 1.40. The van der Waals surface area contributed by atoms with Gasteiger partial charge in [0, 0.05) is 24.7 Å². The van der Waals surface area contributed by atoms with Crippen LogP contribution in [-0.4, -0.2) is 19.1 Å². The Morgan fingerprint density at radius 3 is 2.53 bits per heavy atom. The lowest BCUT2D eigenvalue weighted by molar-refractivity contribution is 0.241. The van der Waals surface area contributed by atoms with Crippen LogP contribution in [0, 0.1) is 0 Å². The number of halogens is 1. The summed E-state index contributed by atoms with van der Waals surface area (Å²) in [4.78, 5) is 11.1. The van der Waals surface area contributed by atoms with Gasteiger partial charge >= 0.3 is 6.03 Å². The van der Waals surface area contributed by atoms with Gasteiger partial charge in [-0.05, 0) is 17.7 Å². The number of urea groups is 1. The van der Waals surface area contributed by atoms with Gasteiger partial charge in [-0.15, -0.1) is 0 Å². The van der Waals surface area contributed by atoms with Crippen LogP contribution in [0.15, 0.2) is 24.3 Å². The molecule has 0 radical (unpaired) electrons. The van der Waals surface area contributed by atoms with E-state index in [1.165, 1.54) is 0 Å². The maximum Gasteiger partial charge on any atom is 0.315 e. The first-order valence-electron chi connectivity index (χ1n) is 4.68. The van der Waals surface area contributed by atoms with E-state index < -0.39 is 0 Å². The van der Waals surface area contributed by atoms with Crippen molar-refractivity contribution in [1.29, 1.82) is 0 Å². The molecule has 1 aromatic rings. The number of nitrogens with one attached hydrogen (secondary N) is 2. The quantitative estimate of drug-likeness (QED) is 0.721. The minimum absolute atomic E-state index is 0.213. The average molecular weight is 228 g/mol. The van der Waals surface area contributed by atoms with E-state index in [1.807, 2.05) is 12.1 Å². The van der Waals surface area contributed by atoms with Crippen molar-refractivity contribution in [2.24, 2.45) is 5.73 Å². The Morgan fingerprint density at radius 1 is 1.27 bits per heavy atom. The van der Waals surface area contributed by atoms with Gasteiger partial charge in [0.25, 0.3) is 0 Å². The Hall–Kier alpha value is -1.26. The highest BCUT2D eigenvalue weighted by Crippen LogP contribution is 2.08. The van der Waals surface area contributed by atoms with Gasteiger partial charge in [-0.25, -0.2) is 4.79 Å². The van der Waals surface area contributed by atoms with Crippen LogP contribution in [0.4, 0.5) is 4.79 Å². The third kappa shape index (κ3) is 4.67. The number of carbonyl (C=O) groups excluding carboxylic acids is 1. The van der Waals surface area contributed by atoms with E-state index in [1.54, 1.807) is 12.1 Å². The highest BCUT2D eigenvalue weighted by molar-refractivity contribution is 6.30. The van der Waals surface area contributed by atoms with Gasteiger partial charge in [-0.2, -0.15) is 0 Å². The molecule has 0 spiro atoms. The Labute approximate surface area is 93.8 Å². The first-order valence-corrected chi connectivity index (χ1v) is 5.06. The number of amides is 2. The third-order valence-corrected chi connectivity index (χ3v) is 2.05. The summed E-state index contributed by atoms with van der Waals surface area (Å²) in [6.07, 6.45) is 0. The highest BCUT2D eigenvalue weighted by atomic mass is 35.5. The van der Waals surface area contributed by atoms with Crippen molar-refractivity contribution in [1.82, 2.24) is 10.6 Å². The molecule has 15 heavy (non-hydrogen) atoms. The van der Waals surface area contributed by atoms with Crippen LogP contribution in [0.1, 0.15) is 5.56 Å². The number of benzene rings is 1. The standard InChI is InChI=1S/C10H14ClN3O/c11-9-3-1-8(2-4-9)7-14-10(15)13-6-5-12/h1-4H,5-7,12H2,(H2,13,14,15). The summed E-state index contributed by atoms with van der Waals surface area (Å²) in [5, 5.41) is 6.00. The second-order valence-corrected chi connectivity index (χ2v) is 3.46. The number of nitrogens with two attached hydrogens (primary N) is 1. The predicted octanol–water partition coefficient (Wildman–Crippen LogP) is 1.10. The van der Waals surface area contributed by atoms with Crippen LogP contribution in [0.2, 0.25) is 5.02 Å². The molecule has 1 aromatic carbocycles. The average Bonchev–Trinajstić information content (AvgIpc) is 2.25. The molecule has 0 unspecified atom stereocenters. The molecule has 4 N–H and O–H groups in total. The van der Waals surface area contributed by atoms with Crippen LogP contribution in [0.3, 0.4) is 0 Å². The molecule has 0 aliphatic carbocycles. The number of hydrogen-bond donors (Lipinski definition) is 3. The van der Waals surface area contributed by atoms with Crippen LogP contribution < -0.4 is 16.4 Å². The molecule has 4 nitrogen and oxygen atoms in total. The molecule has 1 rings (SSSR count). The highest BCUT2D eigenvalue weighted by Gasteiger charge is 1.98. The largest absolute Gasteiger partial charge is 0.337 e. The molecule has 5 heteroatoms. The van der Waals surface area contributed by atoms with Crippen LogP contribution in [-0.2, 0) is 6.54 Å². The molecule has 0 saturated heterocycles. The summed E-state index contributed by atoms with van der Waals surface area (Å²) < 4.78 is 0.